The number of nitrogens with one attached hydrogen (secondary N) is 1. The van der Waals surface area contributed by atoms with Gasteiger partial charge in [-0.3, -0.25) is 4.79 Å². The molecule has 0 aliphatic rings. The fraction of sp³-hybridized carbons (Fsp3) is 0.300. The van der Waals surface area contributed by atoms with Crippen molar-refractivity contribution < 1.29 is 28.5 Å². The number of methoxy groups -OCH3 is 2. The van der Waals surface area contributed by atoms with E-state index in [4.69, 9.17) is 42.1 Å². The fourth-order valence-electron chi connectivity index (χ4n) is 2.34. The van der Waals surface area contributed by atoms with Crippen LogP contribution in [0, 0.1) is 0 Å². The van der Waals surface area contributed by atoms with Gasteiger partial charge in [0.15, 0.2) is 24.2 Å². The maximum Gasteiger partial charge on any atom is 0.344 e. The van der Waals surface area contributed by atoms with E-state index in [-0.39, 0.29) is 11.6 Å². The smallest absolute Gasteiger partial charge is 0.344 e. The summed E-state index contributed by atoms with van der Waals surface area (Å²) in [6, 6.07) is 9.90. The molecule has 0 radical (unpaired) electrons. The number of amides is 1. The number of ether oxygens (including phenoxy) is 4. The maximum atomic E-state index is 12.2. The van der Waals surface area contributed by atoms with Crippen LogP contribution in [0.5, 0.6) is 17.2 Å². The quantitative estimate of drug-likeness (QED) is 0.598. The molecule has 0 saturated heterocycles. The van der Waals surface area contributed by atoms with E-state index in [2.05, 4.69) is 5.32 Å². The number of rotatable bonds is 9. The Morgan fingerprint density at radius 2 is 1.69 bits per heavy atom. The summed E-state index contributed by atoms with van der Waals surface area (Å²) in [6.07, 6.45) is -0.994. The molecule has 2 aromatic carbocycles. The predicted molar refractivity (Wildman–Crippen MR) is 109 cm³/mol. The van der Waals surface area contributed by atoms with E-state index in [1.54, 1.807) is 31.4 Å². The van der Waals surface area contributed by atoms with Gasteiger partial charge in [-0.2, -0.15) is 0 Å². The number of esters is 1. The molecule has 1 N–H and O–H groups in total. The fourth-order valence-corrected chi connectivity index (χ4v) is 2.80. The molecule has 156 valence electrons. The summed E-state index contributed by atoms with van der Waals surface area (Å²) in [4.78, 5) is 24.1. The Morgan fingerprint density at radius 1 is 1.00 bits per heavy atom. The molecule has 7 nitrogen and oxygen atoms in total. The number of benzene rings is 2. The molecule has 0 heterocycles. The minimum absolute atomic E-state index is 0.234. The SMILES string of the molecule is COc1ccc(CNC(=O)C(C)OC(=O)COc2ccc(Cl)cc2Cl)cc1OC. The lowest BCUT2D eigenvalue weighted by Gasteiger charge is -2.15. The second-order valence-electron chi connectivity index (χ2n) is 5.90. The first-order chi connectivity index (χ1) is 13.8. The summed E-state index contributed by atoms with van der Waals surface area (Å²) >= 11 is 11.8. The Balaban J connectivity index is 1.81. The highest BCUT2D eigenvalue weighted by molar-refractivity contribution is 6.35. The highest BCUT2D eigenvalue weighted by atomic mass is 35.5. The van der Waals surface area contributed by atoms with Gasteiger partial charge in [0.1, 0.15) is 5.75 Å². The highest BCUT2D eigenvalue weighted by Gasteiger charge is 2.18. The second-order valence-corrected chi connectivity index (χ2v) is 6.75. The Labute approximate surface area is 178 Å². The summed E-state index contributed by atoms with van der Waals surface area (Å²) in [5, 5.41) is 3.41. The average molecular weight is 442 g/mol. The minimum atomic E-state index is -0.994. The topological polar surface area (TPSA) is 83.1 Å². The molecule has 29 heavy (non-hydrogen) atoms. The van der Waals surface area contributed by atoms with Gasteiger partial charge in [-0.15, -0.1) is 0 Å². The summed E-state index contributed by atoms with van der Waals surface area (Å²) in [5.41, 5.74) is 0.801. The van der Waals surface area contributed by atoms with Gasteiger partial charge in [-0.25, -0.2) is 4.79 Å². The van der Waals surface area contributed by atoms with Crippen LogP contribution in [0.1, 0.15) is 12.5 Å². The van der Waals surface area contributed by atoms with Crippen molar-refractivity contribution >= 4 is 35.1 Å². The van der Waals surface area contributed by atoms with E-state index in [0.29, 0.717) is 22.3 Å². The van der Waals surface area contributed by atoms with E-state index in [1.807, 2.05) is 0 Å². The predicted octanol–water partition coefficient (Wildman–Crippen LogP) is 3.64. The monoisotopic (exact) mass is 441 g/mol. The van der Waals surface area contributed by atoms with E-state index >= 15 is 0 Å². The van der Waals surface area contributed by atoms with Gasteiger partial charge in [0.05, 0.1) is 19.2 Å². The first kappa shape index (κ1) is 22.6. The third-order valence-electron chi connectivity index (χ3n) is 3.83. The van der Waals surface area contributed by atoms with E-state index in [0.717, 1.165) is 5.56 Å². The molecule has 0 bridgehead atoms. The molecule has 0 aliphatic heterocycles. The van der Waals surface area contributed by atoms with E-state index in [1.165, 1.54) is 26.2 Å². The molecule has 1 atom stereocenters. The third-order valence-corrected chi connectivity index (χ3v) is 4.36. The number of hydrogen-bond acceptors (Lipinski definition) is 6. The Bertz CT molecular complexity index is 874. The van der Waals surface area contributed by atoms with Crippen molar-refractivity contribution in [2.45, 2.75) is 19.6 Å². The van der Waals surface area contributed by atoms with Crippen LogP contribution < -0.4 is 19.5 Å². The number of carbonyl (C=O) groups is 2. The van der Waals surface area contributed by atoms with Crippen molar-refractivity contribution in [2.24, 2.45) is 0 Å². The summed E-state index contributed by atoms with van der Waals surface area (Å²) < 4.78 is 20.8. The van der Waals surface area contributed by atoms with E-state index in [9.17, 15) is 9.59 Å². The van der Waals surface area contributed by atoms with Gasteiger partial charge in [0.25, 0.3) is 5.91 Å². The first-order valence-electron chi connectivity index (χ1n) is 8.60. The molecular weight excluding hydrogens is 421 g/mol. The molecule has 0 spiro atoms. The molecule has 0 aromatic heterocycles. The molecular formula is C20H21Cl2NO6. The zero-order valence-electron chi connectivity index (χ0n) is 16.2. The average Bonchev–Trinajstić information content (AvgIpc) is 2.70. The van der Waals surface area contributed by atoms with Crippen molar-refractivity contribution in [3.05, 3.63) is 52.0 Å². The van der Waals surface area contributed by atoms with Crippen LogP contribution in [0.2, 0.25) is 10.0 Å². The molecule has 0 aliphatic carbocycles. The first-order valence-corrected chi connectivity index (χ1v) is 9.35. The van der Waals surface area contributed by atoms with Crippen LogP contribution in [0.25, 0.3) is 0 Å². The molecule has 2 aromatic rings. The lowest BCUT2D eigenvalue weighted by atomic mass is 10.2. The summed E-state index contributed by atoms with van der Waals surface area (Å²) in [7, 11) is 3.07. The maximum absolute atomic E-state index is 12.2. The molecule has 0 fully saturated rings. The summed E-state index contributed by atoms with van der Waals surface area (Å²) in [6.45, 7) is 1.31. The van der Waals surface area contributed by atoms with Gasteiger partial charge < -0.3 is 24.3 Å². The zero-order chi connectivity index (χ0) is 21.4. The van der Waals surface area contributed by atoms with Crippen LogP contribution in [0.3, 0.4) is 0 Å². The van der Waals surface area contributed by atoms with Crippen LogP contribution in [-0.2, 0) is 20.9 Å². The van der Waals surface area contributed by atoms with E-state index < -0.39 is 24.6 Å². The lowest BCUT2D eigenvalue weighted by Crippen LogP contribution is -2.36. The molecule has 9 heteroatoms. The number of halogens is 2. The van der Waals surface area contributed by atoms with Gasteiger partial charge in [0.2, 0.25) is 0 Å². The largest absolute Gasteiger partial charge is 0.493 e. The van der Waals surface area contributed by atoms with Gasteiger partial charge in [0, 0.05) is 11.6 Å². The van der Waals surface area contributed by atoms with Crippen molar-refractivity contribution in [2.75, 3.05) is 20.8 Å². The van der Waals surface area contributed by atoms with Crippen molar-refractivity contribution in [1.82, 2.24) is 5.32 Å². The third kappa shape index (κ3) is 6.73. The Kier molecular flexibility index (Phi) is 8.42. The number of carbonyl (C=O) groups excluding carboxylic acids is 2. The summed E-state index contributed by atoms with van der Waals surface area (Å²) in [5.74, 6) is 0.281. The van der Waals surface area contributed by atoms with Crippen LogP contribution in [0.15, 0.2) is 36.4 Å². The van der Waals surface area contributed by atoms with Gasteiger partial charge in [-0.05, 0) is 42.8 Å². The zero-order valence-corrected chi connectivity index (χ0v) is 17.7. The Morgan fingerprint density at radius 3 is 2.34 bits per heavy atom. The Hall–Kier alpha value is -2.64. The molecule has 2 rings (SSSR count). The normalized spacial score (nSPS) is 11.3. The van der Waals surface area contributed by atoms with Crippen molar-refractivity contribution in [3.8, 4) is 17.2 Å². The molecule has 1 unspecified atom stereocenters. The van der Waals surface area contributed by atoms with Gasteiger partial charge in [-0.1, -0.05) is 29.3 Å². The second kappa shape index (κ2) is 10.8. The minimum Gasteiger partial charge on any atom is -0.493 e. The number of hydrogen-bond donors (Lipinski definition) is 1. The van der Waals surface area contributed by atoms with Gasteiger partial charge >= 0.3 is 5.97 Å². The van der Waals surface area contributed by atoms with Crippen molar-refractivity contribution in [3.63, 3.8) is 0 Å². The van der Waals surface area contributed by atoms with Crippen molar-refractivity contribution in [1.29, 1.82) is 0 Å². The highest BCUT2D eigenvalue weighted by Crippen LogP contribution is 2.28. The molecule has 1 amide bonds. The molecule has 0 saturated carbocycles. The lowest BCUT2D eigenvalue weighted by molar-refractivity contribution is -0.156. The van der Waals surface area contributed by atoms with Crippen LogP contribution in [0.4, 0.5) is 0 Å². The van der Waals surface area contributed by atoms with Crippen LogP contribution in [-0.4, -0.2) is 38.8 Å². The standard InChI is InChI=1S/C20H21Cl2NO6/c1-12(29-19(24)11-28-16-7-5-14(21)9-15(16)22)20(25)23-10-13-4-6-17(26-2)18(8-13)27-3/h4-9,12H,10-11H2,1-3H3,(H,23,25). The van der Waals surface area contributed by atoms with Crippen LogP contribution >= 0.6 is 23.2 Å².